The first-order chi connectivity index (χ1) is 15.4. The summed E-state index contributed by atoms with van der Waals surface area (Å²) >= 11 is 0. The fourth-order valence-electron chi connectivity index (χ4n) is 3.28. The molecule has 3 N–H and O–H groups in total. The number of nitrogens with zero attached hydrogens (tertiary/aromatic N) is 3. The zero-order chi connectivity index (χ0) is 22.7. The van der Waals surface area contributed by atoms with Gasteiger partial charge in [0.2, 0.25) is 0 Å². The van der Waals surface area contributed by atoms with Gasteiger partial charge in [-0.25, -0.2) is 14.4 Å². The quantitative estimate of drug-likeness (QED) is 0.348. The van der Waals surface area contributed by atoms with Crippen LogP contribution in [0.2, 0.25) is 0 Å². The predicted octanol–water partition coefficient (Wildman–Crippen LogP) is 5.03. The van der Waals surface area contributed by atoms with Crippen LogP contribution in [0.3, 0.4) is 0 Å². The molecule has 3 aromatic heterocycles. The van der Waals surface area contributed by atoms with Gasteiger partial charge < -0.3 is 15.7 Å². The second kappa shape index (κ2) is 8.83. The molecule has 0 aliphatic carbocycles. The van der Waals surface area contributed by atoms with E-state index in [0.717, 1.165) is 0 Å². The van der Waals surface area contributed by atoms with E-state index in [1.54, 1.807) is 42.5 Å². The van der Waals surface area contributed by atoms with Gasteiger partial charge in [0.25, 0.3) is 0 Å². The number of fused-ring (bicyclic) bond motifs is 1. The van der Waals surface area contributed by atoms with E-state index in [4.69, 9.17) is 5.11 Å². The van der Waals surface area contributed by atoms with Gasteiger partial charge in [-0.1, -0.05) is 18.2 Å². The molecule has 32 heavy (non-hydrogen) atoms. The van der Waals surface area contributed by atoms with Gasteiger partial charge in [0.1, 0.15) is 23.8 Å². The van der Waals surface area contributed by atoms with Crippen LogP contribution in [0.1, 0.15) is 11.3 Å². The number of aliphatic hydroxyl groups excluding tert-OH is 1. The number of anilines is 3. The highest BCUT2D eigenvalue weighted by Gasteiger charge is 2.38. The molecule has 0 atom stereocenters. The third-order valence-electron chi connectivity index (χ3n) is 4.69. The molecule has 0 amide bonds. The van der Waals surface area contributed by atoms with E-state index in [1.165, 1.54) is 22.7 Å². The highest BCUT2D eigenvalue weighted by atomic mass is 19.4. The van der Waals surface area contributed by atoms with E-state index in [2.05, 4.69) is 20.6 Å². The molecule has 0 aliphatic rings. The molecular weight excluding hydrogens is 426 g/mol. The Morgan fingerprint density at radius 2 is 1.75 bits per heavy atom. The molecule has 6 nitrogen and oxygen atoms in total. The first-order valence-electron chi connectivity index (χ1n) is 9.72. The van der Waals surface area contributed by atoms with Crippen LogP contribution in [-0.2, 0) is 12.9 Å². The summed E-state index contributed by atoms with van der Waals surface area (Å²) in [7, 11) is 0. The second-order valence-corrected chi connectivity index (χ2v) is 6.97. The van der Waals surface area contributed by atoms with E-state index < -0.39 is 18.5 Å². The van der Waals surface area contributed by atoms with E-state index in [0.29, 0.717) is 16.9 Å². The summed E-state index contributed by atoms with van der Waals surface area (Å²) in [6.07, 6.45) is -3.20. The molecule has 0 bridgehead atoms. The van der Waals surface area contributed by atoms with Gasteiger partial charge in [0.15, 0.2) is 5.69 Å². The monoisotopic (exact) mass is 445 g/mol. The van der Waals surface area contributed by atoms with Crippen molar-refractivity contribution in [3.8, 4) is 11.4 Å². The van der Waals surface area contributed by atoms with Gasteiger partial charge in [0, 0.05) is 30.2 Å². The Morgan fingerprint density at radius 3 is 2.44 bits per heavy atom. The van der Waals surface area contributed by atoms with E-state index >= 15 is 0 Å². The van der Waals surface area contributed by atoms with Crippen molar-refractivity contribution in [2.75, 3.05) is 23.8 Å². The van der Waals surface area contributed by atoms with Crippen LogP contribution in [-0.4, -0.2) is 32.6 Å². The third-order valence-corrected chi connectivity index (χ3v) is 4.69. The summed E-state index contributed by atoms with van der Waals surface area (Å²) in [5, 5.41) is 15.1. The minimum absolute atomic E-state index is 0.0434. The maximum Gasteiger partial charge on any atom is 0.435 e. The zero-order valence-electron chi connectivity index (χ0n) is 16.7. The lowest BCUT2D eigenvalue weighted by Crippen LogP contribution is -2.10. The number of rotatable bonds is 7. The number of aromatic nitrogens is 3. The first kappa shape index (κ1) is 21.6. The van der Waals surface area contributed by atoms with Gasteiger partial charge in [-0.05, 0) is 35.9 Å². The third kappa shape index (κ3) is 4.50. The molecule has 10 heteroatoms. The van der Waals surface area contributed by atoms with Gasteiger partial charge in [-0.15, -0.1) is 0 Å². The molecule has 0 fully saturated rings. The van der Waals surface area contributed by atoms with E-state index in [9.17, 15) is 17.6 Å². The number of pyridine rings is 2. The Balaban J connectivity index is 1.84. The molecule has 0 aliphatic heterocycles. The van der Waals surface area contributed by atoms with E-state index in [-0.39, 0.29) is 36.0 Å². The molecule has 1 aromatic carbocycles. The van der Waals surface area contributed by atoms with Crippen LogP contribution in [0.25, 0.3) is 17.0 Å². The minimum Gasteiger partial charge on any atom is -0.395 e. The van der Waals surface area contributed by atoms with Crippen molar-refractivity contribution in [2.24, 2.45) is 0 Å². The molecule has 4 rings (SSSR count). The molecule has 0 spiro atoms. The number of aliphatic hydroxyl groups is 1. The van der Waals surface area contributed by atoms with Crippen LogP contribution in [0.4, 0.5) is 34.8 Å². The SMILES string of the molecule is OCCNc1cc(Nc2ccc(CF)cc2)nc(-c2c(C(F)(F)F)nc3ccccn23)c1. The van der Waals surface area contributed by atoms with Crippen LogP contribution in [0.5, 0.6) is 0 Å². The predicted molar refractivity (Wildman–Crippen MR) is 114 cm³/mol. The maximum absolute atomic E-state index is 13.8. The largest absolute Gasteiger partial charge is 0.435 e. The lowest BCUT2D eigenvalue weighted by Gasteiger charge is -2.14. The number of hydrogen-bond donors (Lipinski definition) is 3. The molecule has 166 valence electrons. The van der Waals surface area contributed by atoms with Crippen LogP contribution < -0.4 is 10.6 Å². The van der Waals surface area contributed by atoms with Crippen molar-refractivity contribution in [2.45, 2.75) is 12.9 Å². The van der Waals surface area contributed by atoms with Crippen molar-refractivity contribution in [1.82, 2.24) is 14.4 Å². The Kier molecular flexibility index (Phi) is 5.95. The van der Waals surface area contributed by atoms with Crippen molar-refractivity contribution in [1.29, 1.82) is 0 Å². The summed E-state index contributed by atoms with van der Waals surface area (Å²) < 4.78 is 55.5. The van der Waals surface area contributed by atoms with Crippen molar-refractivity contribution in [3.63, 3.8) is 0 Å². The van der Waals surface area contributed by atoms with Crippen molar-refractivity contribution >= 4 is 22.8 Å². The Bertz CT molecular complexity index is 1220. The number of halogens is 4. The van der Waals surface area contributed by atoms with Gasteiger partial charge in [-0.3, -0.25) is 4.40 Å². The summed E-state index contributed by atoms with van der Waals surface area (Å²) in [6.45, 7) is -0.556. The number of hydrogen-bond acceptors (Lipinski definition) is 5. The number of nitrogens with one attached hydrogen (secondary N) is 2. The van der Waals surface area contributed by atoms with Crippen molar-refractivity contribution in [3.05, 3.63) is 72.1 Å². The number of imidazole rings is 1. The maximum atomic E-state index is 13.8. The topological polar surface area (TPSA) is 74.5 Å². The van der Waals surface area contributed by atoms with Gasteiger partial charge >= 0.3 is 6.18 Å². The molecule has 0 saturated carbocycles. The second-order valence-electron chi connectivity index (χ2n) is 6.97. The molecule has 0 unspecified atom stereocenters. The fourth-order valence-corrected chi connectivity index (χ4v) is 3.28. The Morgan fingerprint density at radius 1 is 0.969 bits per heavy atom. The summed E-state index contributed by atoms with van der Waals surface area (Å²) in [6, 6.07) is 14.3. The molecule has 3 heterocycles. The summed E-state index contributed by atoms with van der Waals surface area (Å²) in [5.74, 6) is 0.273. The van der Waals surface area contributed by atoms with Crippen molar-refractivity contribution < 1.29 is 22.7 Å². The van der Waals surface area contributed by atoms with Crippen LogP contribution >= 0.6 is 0 Å². The molecular formula is C22H19F4N5O. The lowest BCUT2D eigenvalue weighted by atomic mass is 10.2. The summed E-state index contributed by atoms with van der Waals surface area (Å²) in [5.41, 5.74) is 0.497. The molecule has 0 radical (unpaired) electrons. The zero-order valence-corrected chi connectivity index (χ0v) is 16.7. The molecule has 0 saturated heterocycles. The highest BCUT2D eigenvalue weighted by Crippen LogP contribution is 2.38. The average Bonchev–Trinajstić information content (AvgIpc) is 3.18. The summed E-state index contributed by atoms with van der Waals surface area (Å²) in [4.78, 5) is 8.16. The molecule has 4 aromatic rings. The number of benzene rings is 1. The van der Waals surface area contributed by atoms with Crippen LogP contribution in [0, 0.1) is 0 Å². The van der Waals surface area contributed by atoms with Gasteiger partial charge in [0.05, 0.1) is 12.3 Å². The Hall–Kier alpha value is -3.66. The number of alkyl halides is 4. The van der Waals surface area contributed by atoms with Gasteiger partial charge in [-0.2, -0.15) is 13.2 Å². The normalized spacial score (nSPS) is 11.7. The highest BCUT2D eigenvalue weighted by molar-refractivity contribution is 5.72. The smallest absolute Gasteiger partial charge is 0.395 e. The fraction of sp³-hybridized carbons (Fsp3) is 0.182. The Labute approximate surface area is 180 Å². The van der Waals surface area contributed by atoms with Crippen LogP contribution in [0.15, 0.2) is 60.8 Å². The minimum atomic E-state index is -4.69. The standard InChI is InChI=1S/C22H19F4N5O/c23-13-14-4-6-15(7-5-14)28-18-12-16(27-8-10-32)11-17(29-18)20-21(22(24,25)26)30-19-3-1-2-9-31(19)20/h1-7,9,11-12,32H,8,10,13H2,(H2,27,28,29). The lowest BCUT2D eigenvalue weighted by molar-refractivity contribution is -0.140. The first-order valence-corrected chi connectivity index (χ1v) is 9.72. The average molecular weight is 445 g/mol. The van der Waals surface area contributed by atoms with E-state index in [1.807, 2.05) is 0 Å².